The summed E-state index contributed by atoms with van der Waals surface area (Å²) in [5.41, 5.74) is 43.7. The van der Waals surface area contributed by atoms with Gasteiger partial charge in [-0.05, 0) is 77.4 Å². The first-order valence-electron chi connectivity index (χ1n) is 11.7. The molecule has 0 radical (unpaired) electrons. The van der Waals surface area contributed by atoms with Crippen LogP contribution in [0.5, 0.6) is 0 Å². The Bertz CT molecular complexity index is 1350. The van der Waals surface area contributed by atoms with Gasteiger partial charge >= 0.3 is 0 Å². The van der Waals surface area contributed by atoms with Crippen LogP contribution < -0.4 is 39.3 Å². The van der Waals surface area contributed by atoms with Crippen LogP contribution in [-0.4, -0.2) is 0 Å². The molecule has 1 atom stereocenters. The van der Waals surface area contributed by atoms with Crippen molar-refractivity contribution in [2.75, 3.05) is 27.8 Å². The normalized spacial score (nSPS) is 19.0. The first kappa shape index (κ1) is 23.1. The lowest BCUT2D eigenvalue weighted by Gasteiger charge is -2.57. The zero-order valence-electron chi connectivity index (χ0n) is 19.9. The average molecular weight is 478 g/mol. The lowest BCUT2D eigenvalue weighted by molar-refractivity contribution is 0.246. The number of anilines is 5. The fraction of sp³-hybridized carbons (Fsp3) is 0.103. The quantitative estimate of drug-likeness (QED) is 0.244. The number of nitrogen functional groups attached to an aromatic ring is 4. The van der Waals surface area contributed by atoms with Crippen molar-refractivity contribution in [1.29, 1.82) is 0 Å². The van der Waals surface area contributed by atoms with E-state index in [-0.39, 0.29) is 0 Å². The van der Waals surface area contributed by atoms with Gasteiger partial charge in [0.15, 0.2) is 0 Å². The van der Waals surface area contributed by atoms with Gasteiger partial charge in [0.1, 0.15) is 5.66 Å². The minimum Gasteiger partial charge on any atom is -0.401 e. The van der Waals surface area contributed by atoms with Gasteiger partial charge < -0.3 is 39.3 Å². The molecule has 0 bridgehead atoms. The average Bonchev–Trinajstić information content (AvgIpc) is 2.87. The highest BCUT2D eigenvalue weighted by Crippen LogP contribution is 2.55. The van der Waals surface area contributed by atoms with Crippen LogP contribution in [0, 0.1) is 0 Å². The second-order valence-electron chi connectivity index (χ2n) is 9.38. The van der Waals surface area contributed by atoms with Gasteiger partial charge in [-0.15, -0.1) is 0 Å². The van der Waals surface area contributed by atoms with E-state index in [9.17, 15) is 0 Å². The standard InChI is InChI=1S/C29H31N7/c30-22-7-1-19(2-8-22)28(20-3-9-23(31)10-4-20)17-26(34)18-36(27-15-13-25(33)14-16-27)29(28,35)21-5-11-24(32)12-6-21/h1-16,18H,17,30-35H2. The monoisotopic (exact) mass is 477 g/mol. The van der Waals surface area contributed by atoms with Gasteiger partial charge in [0.2, 0.25) is 0 Å². The van der Waals surface area contributed by atoms with Crippen molar-refractivity contribution in [2.45, 2.75) is 17.5 Å². The second-order valence-corrected chi connectivity index (χ2v) is 9.38. The third kappa shape index (κ3) is 3.57. The smallest absolute Gasteiger partial charge is 0.133 e. The first-order chi connectivity index (χ1) is 17.2. The summed E-state index contributed by atoms with van der Waals surface area (Å²) in [4.78, 5) is 2.03. The van der Waals surface area contributed by atoms with Crippen LogP contribution in [-0.2, 0) is 11.1 Å². The maximum Gasteiger partial charge on any atom is 0.133 e. The molecule has 1 heterocycles. The summed E-state index contributed by atoms with van der Waals surface area (Å²) in [6.45, 7) is 0. The highest BCUT2D eigenvalue weighted by molar-refractivity contribution is 5.66. The minimum absolute atomic E-state index is 0.465. The highest BCUT2D eigenvalue weighted by atomic mass is 15.3. The van der Waals surface area contributed by atoms with Crippen molar-refractivity contribution >= 4 is 28.4 Å². The molecule has 1 unspecified atom stereocenters. The van der Waals surface area contributed by atoms with E-state index < -0.39 is 11.1 Å². The molecule has 0 fully saturated rings. The number of hydrogen-bond donors (Lipinski definition) is 6. The second kappa shape index (κ2) is 8.55. The van der Waals surface area contributed by atoms with Crippen LogP contribution in [0.1, 0.15) is 23.1 Å². The third-order valence-electron chi connectivity index (χ3n) is 7.12. The molecule has 0 aliphatic carbocycles. The Morgan fingerprint density at radius 3 is 1.28 bits per heavy atom. The van der Waals surface area contributed by atoms with Crippen LogP contribution >= 0.6 is 0 Å². The van der Waals surface area contributed by atoms with Gasteiger partial charge in [0, 0.05) is 46.8 Å². The van der Waals surface area contributed by atoms with Crippen LogP contribution in [0.15, 0.2) is 109 Å². The highest BCUT2D eigenvalue weighted by Gasteiger charge is 2.58. The molecule has 5 rings (SSSR count). The molecule has 1 aliphatic heterocycles. The van der Waals surface area contributed by atoms with E-state index in [0.717, 1.165) is 22.4 Å². The van der Waals surface area contributed by atoms with Crippen molar-refractivity contribution in [3.63, 3.8) is 0 Å². The maximum absolute atomic E-state index is 7.72. The van der Waals surface area contributed by atoms with Crippen LogP contribution in [0.3, 0.4) is 0 Å². The van der Waals surface area contributed by atoms with Crippen LogP contribution in [0.2, 0.25) is 0 Å². The summed E-state index contributed by atoms with van der Waals surface area (Å²) in [5.74, 6) is 0. The summed E-state index contributed by atoms with van der Waals surface area (Å²) < 4.78 is 0. The molecule has 1 aliphatic rings. The molecule has 182 valence electrons. The fourth-order valence-corrected chi connectivity index (χ4v) is 5.34. The molecule has 7 nitrogen and oxygen atoms in total. The predicted molar refractivity (Wildman–Crippen MR) is 149 cm³/mol. The van der Waals surface area contributed by atoms with Crippen molar-refractivity contribution in [2.24, 2.45) is 11.5 Å². The van der Waals surface area contributed by atoms with E-state index in [4.69, 9.17) is 34.4 Å². The first-order valence-corrected chi connectivity index (χ1v) is 11.7. The Morgan fingerprint density at radius 1 is 0.500 bits per heavy atom. The lowest BCUT2D eigenvalue weighted by Crippen LogP contribution is -2.67. The van der Waals surface area contributed by atoms with Gasteiger partial charge in [-0.3, -0.25) is 0 Å². The summed E-state index contributed by atoms with van der Waals surface area (Å²) >= 11 is 0. The Hall–Kier alpha value is -4.62. The molecule has 0 spiro atoms. The number of benzene rings is 4. The van der Waals surface area contributed by atoms with Crippen molar-refractivity contribution in [1.82, 2.24) is 0 Å². The topological polar surface area (TPSA) is 159 Å². The number of hydrogen-bond acceptors (Lipinski definition) is 7. The molecule has 0 amide bonds. The molecule has 36 heavy (non-hydrogen) atoms. The summed E-state index contributed by atoms with van der Waals surface area (Å²) in [6, 6.07) is 30.9. The molecule has 7 heteroatoms. The van der Waals surface area contributed by atoms with E-state index in [0.29, 0.717) is 34.9 Å². The molecular formula is C29H31N7. The van der Waals surface area contributed by atoms with Crippen LogP contribution in [0.4, 0.5) is 28.4 Å². The van der Waals surface area contributed by atoms with Gasteiger partial charge in [-0.25, -0.2) is 0 Å². The summed E-state index contributed by atoms with van der Waals surface area (Å²) in [7, 11) is 0. The number of nitrogens with zero attached hydrogens (tertiary/aromatic N) is 1. The predicted octanol–water partition coefficient (Wildman–Crippen LogP) is 3.82. The van der Waals surface area contributed by atoms with E-state index in [1.165, 1.54) is 0 Å². The van der Waals surface area contributed by atoms with Crippen LogP contribution in [0.25, 0.3) is 0 Å². The largest absolute Gasteiger partial charge is 0.401 e. The maximum atomic E-state index is 7.72. The Labute approximate surface area is 211 Å². The molecule has 0 saturated carbocycles. The molecule has 4 aromatic carbocycles. The SMILES string of the molecule is NC1=CN(c2ccc(N)cc2)C(N)(c2ccc(N)cc2)C(c2ccc(N)cc2)(c2ccc(N)cc2)C1. The molecule has 12 N–H and O–H groups in total. The van der Waals surface area contributed by atoms with Gasteiger partial charge in [0.25, 0.3) is 0 Å². The number of rotatable bonds is 4. The van der Waals surface area contributed by atoms with E-state index in [1.54, 1.807) is 0 Å². The fourth-order valence-electron chi connectivity index (χ4n) is 5.34. The summed E-state index contributed by atoms with van der Waals surface area (Å²) in [6.07, 6.45) is 2.38. The van der Waals surface area contributed by atoms with Crippen molar-refractivity contribution in [3.8, 4) is 0 Å². The summed E-state index contributed by atoms with van der Waals surface area (Å²) in [5, 5.41) is 0. The van der Waals surface area contributed by atoms with Gasteiger partial charge in [-0.2, -0.15) is 0 Å². The Morgan fingerprint density at radius 2 is 0.861 bits per heavy atom. The number of allylic oxidation sites excluding steroid dienone is 1. The molecule has 4 aromatic rings. The Kier molecular flexibility index (Phi) is 5.50. The molecular weight excluding hydrogens is 446 g/mol. The van der Waals surface area contributed by atoms with E-state index >= 15 is 0 Å². The minimum atomic E-state index is -1.13. The number of nitrogens with two attached hydrogens (primary N) is 6. The Balaban J connectivity index is 1.90. The van der Waals surface area contributed by atoms with Gasteiger partial charge in [0.05, 0.1) is 5.41 Å². The van der Waals surface area contributed by atoms with Crippen molar-refractivity contribution < 1.29 is 0 Å². The van der Waals surface area contributed by atoms with Gasteiger partial charge in [-0.1, -0.05) is 36.4 Å². The zero-order valence-corrected chi connectivity index (χ0v) is 19.9. The molecule has 0 aromatic heterocycles. The van der Waals surface area contributed by atoms with Crippen molar-refractivity contribution in [3.05, 3.63) is 126 Å². The third-order valence-corrected chi connectivity index (χ3v) is 7.12. The zero-order chi connectivity index (χ0) is 25.5. The van der Waals surface area contributed by atoms with E-state index in [2.05, 4.69) is 0 Å². The van der Waals surface area contributed by atoms with E-state index in [1.807, 2.05) is 108 Å². The lowest BCUT2D eigenvalue weighted by atomic mass is 9.59. The molecule has 0 saturated heterocycles.